The summed E-state index contributed by atoms with van der Waals surface area (Å²) in [6, 6.07) is 10.7. The molecule has 1 amide bonds. The lowest BCUT2D eigenvalue weighted by atomic mass is 10.2. The zero-order valence-corrected chi connectivity index (χ0v) is 15.4. The van der Waals surface area contributed by atoms with Gasteiger partial charge in [-0.05, 0) is 42.1 Å². The van der Waals surface area contributed by atoms with Crippen LogP contribution in [0.2, 0.25) is 0 Å². The van der Waals surface area contributed by atoms with E-state index in [9.17, 15) is 13.2 Å². The SMILES string of the molecule is O=C(Nc1nnc2ccccn12)c1ccc2c(c1)SC1=NS(=O)(=O)CCN12. The number of amidine groups is 1. The van der Waals surface area contributed by atoms with Crippen LogP contribution in [-0.4, -0.2) is 46.4 Å². The predicted molar refractivity (Wildman–Crippen MR) is 102 cm³/mol. The summed E-state index contributed by atoms with van der Waals surface area (Å²) in [6.45, 7) is 0.360. The number of carbonyl (C=O) groups excluding carboxylic acids is 1. The first-order valence-corrected chi connectivity index (χ1v) is 10.5. The highest BCUT2D eigenvalue weighted by atomic mass is 32.2. The number of thioether (sulfide) groups is 1. The molecule has 0 aliphatic carbocycles. The Bertz CT molecular complexity index is 1230. The van der Waals surface area contributed by atoms with E-state index in [1.807, 2.05) is 17.0 Å². The van der Waals surface area contributed by atoms with E-state index in [1.54, 1.807) is 34.9 Å². The fourth-order valence-corrected chi connectivity index (χ4v) is 5.27. The average Bonchev–Trinajstić information content (AvgIpc) is 3.20. The number of nitrogens with one attached hydrogen (secondary N) is 1. The second-order valence-corrected chi connectivity index (χ2v) is 8.77. The van der Waals surface area contributed by atoms with E-state index in [2.05, 4.69) is 19.9 Å². The summed E-state index contributed by atoms with van der Waals surface area (Å²) >= 11 is 1.25. The molecule has 5 rings (SSSR count). The summed E-state index contributed by atoms with van der Waals surface area (Å²) in [6.07, 6.45) is 1.76. The van der Waals surface area contributed by atoms with Crippen LogP contribution in [0.3, 0.4) is 0 Å². The Morgan fingerprint density at radius 2 is 2.07 bits per heavy atom. The molecule has 27 heavy (non-hydrogen) atoms. The van der Waals surface area contributed by atoms with Crippen molar-refractivity contribution in [2.24, 2.45) is 4.40 Å². The Kier molecular flexibility index (Phi) is 3.49. The minimum Gasteiger partial charge on any atom is -0.318 e. The number of nitrogens with zero attached hydrogens (tertiary/aromatic N) is 5. The van der Waals surface area contributed by atoms with Gasteiger partial charge in [0.15, 0.2) is 10.8 Å². The predicted octanol–water partition coefficient (Wildman–Crippen LogP) is 1.59. The van der Waals surface area contributed by atoms with Crippen molar-refractivity contribution in [3.05, 3.63) is 48.2 Å². The van der Waals surface area contributed by atoms with Crippen LogP contribution in [-0.2, 0) is 10.0 Å². The first-order chi connectivity index (χ1) is 13.0. The van der Waals surface area contributed by atoms with Crippen molar-refractivity contribution in [1.29, 1.82) is 0 Å². The molecule has 0 bridgehead atoms. The van der Waals surface area contributed by atoms with Crippen LogP contribution in [0, 0.1) is 0 Å². The van der Waals surface area contributed by atoms with Crippen LogP contribution in [0.5, 0.6) is 0 Å². The van der Waals surface area contributed by atoms with Crippen LogP contribution < -0.4 is 10.2 Å². The topological polar surface area (TPSA) is 109 Å². The Morgan fingerprint density at radius 3 is 2.96 bits per heavy atom. The van der Waals surface area contributed by atoms with E-state index < -0.39 is 10.0 Å². The molecule has 1 N–H and O–H groups in total. The number of aromatic nitrogens is 3. The molecule has 1 aromatic carbocycles. The Morgan fingerprint density at radius 1 is 1.19 bits per heavy atom. The molecule has 0 spiro atoms. The lowest BCUT2D eigenvalue weighted by molar-refractivity contribution is 0.102. The van der Waals surface area contributed by atoms with Gasteiger partial charge in [0.2, 0.25) is 5.95 Å². The number of hydrogen-bond acceptors (Lipinski definition) is 7. The lowest BCUT2D eigenvalue weighted by Gasteiger charge is -2.22. The van der Waals surface area contributed by atoms with Gasteiger partial charge < -0.3 is 4.90 Å². The summed E-state index contributed by atoms with van der Waals surface area (Å²) in [5, 5.41) is 11.2. The van der Waals surface area contributed by atoms with Crippen LogP contribution in [0.25, 0.3) is 5.65 Å². The monoisotopic (exact) mass is 400 g/mol. The number of rotatable bonds is 2. The van der Waals surface area contributed by atoms with Gasteiger partial charge in [0, 0.05) is 23.2 Å². The van der Waals surface area contributed by atoms with Gasteiger partial charge in [-0.3, -0.25) is 14.5 Å². The third kappa shape index (κ3) is 2.75. The van der Waals surface area contributed by atoms with Gasteiger partial charge in [0.1, 0.15) is 0 Å². The molecule has 11 heteroatoms. The van der Waals surface area contributed by atoms with Gasteiger partial charge >= 0.3 is 0 Å². The molecule has 0 saturated heterocycles. The van der Waals surface area contributed by atoms with Crippen molar-refractivity contribution in [3.8, 4) is 0 Å². The number of hydrogen-bond donors (Lipinski definition) is 1. The molecule has 0 unspecified atom stereocenters. The van der Waals surface area contributed by atoms with Crippen molar-refractivity contribution in [2.45, 2.75) is 4.90 Å². The second kappa shape index (κ2) is 5.79. The van der Waals surface area contributed by atoms with Crippen LogP contribution >= 0.6 is 11.8 Å². The number of fused-ring (bicyclic) bond motifs is 4. The van der Waals surface area contributed by atoms with Crippen LogP contribution in [0.15, 0.2) is 51.9 Å². The summed E-state index contributed by atoms with van der Waals surface area (Å²) in [4.78, 5) is 15.3. The molecule has 0 radical (unpaired) electrons. The van der Waals surface area contributed by atoms with Gasteiger partial charge in [0.25, 0.3) is 15.9 Å². The molecule has 0 fully saturated rings. The van der Waals surface area contributed by atoms with Crippen molar-refractivity contribution in [1.82, 2.24) is 14.6 Å². The lowest BCUT2D eigenvalue weighted by Crippen LogP contribution is -2.35. The number of pyridine rings is 1. The third-order valence-corrected chi connectivity index (χ3v) is 6.58. The van der Waals surface area contributed by atoms with Gasteiger partial charge in [-0.2, -0.15) is 0 Å². The molecule has 9 nitrogen and oxygen atoms in total. The van der Waals surface area contributed by atoms with Gasteiger partial charge in [-0.25, -0.2) is 8.42 Å². The molecule has 2 aliphatic heterocycles. The Hall–Kier alpha value is -2.92. The van der Waals surface area contributed by atoms with E-state index >= 15 is 0 Å². The number of benzene rings is 1. The summed E-state index contributed by atoms with van der Waals surface area (Å²) in [5.74, 6) is -0.00812. The van der Waals surface area contributed by atoms with E-state index in [4.69, 9.17) is 0 Å². The number of carbonyl (C=O) groups is 1. The van der Waals surface area contributed by atoms with E-state index in [0.29, 0.717) is 28.9 Å². The summed E-state index contributed by atoms with van der Waals surface area (Å²) in [7, 11) is -3.41. The molecular weight excluding hydrogens is 388 g/mol. The molecule has 0 saturated carbocycles. The van der Waals surface area contributed by atoms with E-state index in [-0.39, 0.29) is 11.7 Å². The minimum atomic E-state index is -3.41. The normalized spacial score (nSPS) is 17.3. The van der Waals surface area contributed by atoms with Crippen molar-refractivity contribution >= 4 is 50.1 Å². The number of amides is 1. The first-order valence-electron chi connectivity index (χ1n) is 8.03. The highest BCUT2D eigenvalue weighted by Crippen LogP contribution is 2.42. The van der Waals surface area contributed by atoms with Crippen molar-refractivity contribution in [2.75, 3.05) is 22.5 Å². The molecule has 3 aromatic rings. The molecule has 0 atom stereocenters. The Balaban J connectivity index is 1.44. The van der Waals surface area contributed by atoms with Gasteiger partial charge in [-0.15, -0.1) is 14.6 Å². The van der Waals surface area contributed by atoms with Crippen LogP contribution in [0.1, 0.15) is 10.4 Å². The highest BCUT2D eigenvalue weighted by Gasteiger charge is 2.33. The number of sulfonamides is 1. The summed E-state index contributed by atoms with van der Waals surface area (Å²) < 4.78 is 28.9. The second-order valence-electron chi connectivity index (χ2n) is 6.00. The Labute approximate surface area is 158 Å². The zero-order chi connectivity index (χ0) is 18.6. The molecular formula is C16H12N6O3S2. The standard InChI is InChI=1S/C16H12N6O3S2/c23-14(17-15-19-18-13-3-1-2-6-22(13)15)10-4-5-11-12(9-10)26-16-20-27(24,25)8-7-21(11)16/h1-6,9H,7-8H2,(H,17,19,23). The molecule has 2 aliphatic rings. The fraction of sp³-hybridized carbons (Fsp3) is 0.125. The zero-order valence-electron chi connectivity index (χ0n) is 13.7. The molecule has 2 aromatic heterocycles. The van der Waals surface area contributed by atoms with E-state index in [1.165, 1.54) is 11.8 Å². The maximum absolute atomic E-state index is 12.6. The molecule has 4 heterocycles. The third-order valence-electron chi connectivity index (χ3n) is 4.27. The minimum absolute atomic E-state index is 0.0152. The van der Waals surface area contributed by atoms with Gasteiger partial charge in [-0.1, -0.05) is 6.07 Å². The smallest absolute Gasteiger partial charge is 0.258 e. The largest absolute Gasteiger partial charge is 0.318 e. The van der Waals surface area contributed by atoms with Crippen molar-refractivity contribution in [3.63, 3.8) is 0 Å². The highest BCUT2D eigenvalue weighted by molar-refractivity contribution is 8.15. The maximum Gasteiger partial charge on any atom is 0.258 e. The number of anilines is 2. The van der Waals surface area contributed by atoms with E-state index in [0.717, 1.165) is 10.6 Å². The van der Waals surface area contributed by atoms with Gasteiger partial charge in [0.05, 0.1) is 11.4 Å². The fourth-order valence-electron chi connectivity index (χ4n) is 2.97. The summed E-state index contributed by atoms with van der Waals surface area (Å²) in [5.41, 5.74) is 1.93. The van der Waals surface area contributed by atoms with Crippen LogP contribution in [0.4, 0.5) is 11.6 Å². The quantitative estimate of drug-likeness (QED) is 0.696. The maximum atomic E-state index is 12.6. The first kappa shape index (κ1) is 16.3. The molecule has 136 valence electrons. The average molecular weight is 400 g/mol. The van der Waals surface area contributed by atoms with Crippen molar-refractivity contribution < 1.29 is 13.2 Å².